The Morgan fingerprint density at radius 1 is 1.30 bits per heavy atom. The molecule has 0 spiro atoms. The molecule has 1 rings (SSSR count). The van der Waals surface area contributed by atoms with Crippen molar-refractivity contribution in [3.63, 3.8) is 0 Å². The van der Waals surface area contributed by atoms with E-state index in [-0.39, 0.29) is 24.0 Å². The molecule has 0 saturated heterocycles. The first kappa shape index (κ1) is 19.7. The molecule has 0 aliphatic heterocycles. The molecule has 0 aliphatic carbocycles. The zero-order valence-corrected chi connectivity index (χ0v) is 15.5. The highest BCUT2D eigenvalue weighted by Gasteiger charge is 1.97. The largest absolute Gasteiger partial charge is 0.385 e. The van der Waals surface area contributed by atoms with E-state index in [4.69, 9.17) is 4.74 Å². The number of halogens is 1. The summed E-state index contributed by atoms with van der Waals surface area (Å²) in [6.45, 7) is 5.53. The second-order valence-electron chi connectivity index (χ2n) is 4.25. The smallest absolute Gasteiger partial charge is 0.191 e. The number of hydrogen-bond donors (Lipinski definition) is 2. The fourth-order valence-electron chi connectivity index (χ4n) is 1.66. The van der Waals surface area contributed by atoms with Crippen LogP contribution in [0.4, 0.5) is 0 Å². The Morgan fingerprint density at radius 2 is 2.15 bits per heavy atom. The molecule has 1 aromatic rings. The Hall–Kier alpha value is -0.340. The van der Waals surface area contributed by atoms with E-state index in [9.17, 15) is 0 Å². The van der Waals surface area contributed by atoms with Gasteiger partial charge in [-0.05, 0) is 37.6 Å². The van der Waals surface area contributed by atoms with Crippen LogP contribution in [-0.2, 0) is 11.3 Å². The molecule has 0 amide bonds. The van der Waals surface area contributed by atoms with Crippen LogP contribution in [-0.4, -0.2) is 32.8 Å². The SMILES string of the molecule is CCNC(=NCc1cccs1)NCCCCCOC.I. The standard InChI is InChI=1S/C14H25N3OS.HI/c1-3-15-14(16-9-5-4-6-10-18-2)17-12-13-8-7-11-19-13;/h7-8,11H,3-6,9-10,12H2,1-2H3,(H2,15,16,17);1H. The molecule has 0 radical (unpaired) electrons. The van der Waals surface area contributed by atoms with Gasteiger partial charge < -0.3 is 15.4 Å². The summed E-state index contributed by atoms with van der Waals surface area (Å²) in [6, 6.07) is 4.17. The molecule has 0 aliphatic rings. The Bertz CT molecular complexity index is 344. The monoisotopic (exact) mass is 411 g/mol. The zero-order valence-electron chi connectivity index (χ0n) is 12.4. The quantitative estimate of drug-likeness (QED) is 0.284. The number of nitrogens with zero attached hydrogens (tertiary/aromatic N) is 1. The van der Waals surface area contributed by atoms with Gasteiger partial charge in [0.2, 0.25) is 0 Å². The first-order chi connectivity index (χ1) is 9.36. The van der Waals surface area contributed by atoms with Gasteiger partial charge in [0.25, 0.3) is 0 Å². The van der Waals surface area contributed by atoms with Crippen LogP contribution in [0.5, 0.6) is 0 Å². The van der Waals surface area contributed by atoms with E-state index in [1.807, 2.05) is 0 Å². The highest BCUT2D eigenvalue weighted by molar-refractivity contribution is 14.0. The summed E-state index contributed by atoms with van der Waals surface area (Å²) in [5, 5.41) is 8.71. The third kappa shape index (κ3) is 9.55. The van der Waals surface area contributed by atoms with Crippen molar-refractivity contribution in [2.24, 2.45) is 4.99 Å². The van der Waals surface area contributed by atoms with Crippen LogP contribution in [0.1, 0.15) is 31.1 Å². The van der Waals surface area contributed by atoms with Gasteiger partial charge in [-0.3, -0.25) is 0 Å². The molecule has 116 valence electrons. The predicted octanol–water partition coefficient (Wildman–Crippen LogP) is 3.24. The van der Waals surface area contributed by atoms with E-state index in [0.717, 1.165) is 45.0 Å². The lowest BCUT2D eigenvalue weighted by Gasteiger charge is -2.10. The molecule has 0 atom stereocenters. The van der Waals surface area contributed by atoms with Crippen molar-refractivity contribution in [2.75, 3.05) is 26.8 Å². The molecule has 0 unspecified atom stereocenters. The third-order valence-electron chi connectivity index (χ3n) is 2.64. The van der Waals surface area contributed by atoms with Crippen molar-refractivity contribution < 1.29 is 4.74 Å². The second kappa shape index (κ2) is 13.6. The Kier molecular flexibility index (Phi) is 13.4. The third-order valence-corrected chi connectivity index (χ3v) is 3.50. The van der Waals surface area contributed by atoms with Crippen molar-refractivity contribution in [1.82, 2.24) is 10.6 Å². The fourth-order valence-corrected chi connectivity index (χ4v) is 2.28. The van der Waals surface area contributed by atoms with Gasteiger partial charge in [-0.15, -0.1) is 35.3 Å². The number of methoxy groups -OCH3 is 1. The highest BCUT2D eigenvalue weighted by Crippen LogP contribution is 2.09. The summed E-state index contributed by atoms with van der Waals surface area (Å²) in [6.07, 6.45) is 3.46. The molecule has 6 heteroatoms. The number of hydrogen-bond acceptors (Lipinski definition) is 3. The number of guanidine groups is 1. The van der Waals surface area contributed by atoms with E-state index >= 15 is 0 Å². The Balaban J connectivity index is 0.00000361. The number of thiophene rings is 1. The minimum absolute atomic E-state index is 0. The molecular formula is C14H26IN3OS. The summed E-state index contributed by atoms with van der Waals surface area (Å²) in [4.78, 5) is 5.86. The predicted molar refractivity (Wildman–Crippen MR) is 98.3 cm³/mol. The van der Waals surface area contributed by atoms with Gasteiger partial charge in [-0.2, -0.15) is 0 Å². The summed E-state index contributed by atoms with van der Waals surface area (Å²) in [5.74, 6) is 0.905. The lowest BCUT2D eigenvalue weighted by atomic mass is 10.2. The van der Waals surface area contributed by atoms with Crippen LogP contribution in [0.3, 0.4) is 0 Å². The van der Waals surface area contributed by atoms with Gasteiger partial charge in [0.15, 0.2) is 5.96 Å². The molecule has 0 saturated carbocycles. The fraction of sp³-hybridized carbons (Fsp3) is 0.643. The van der Waals surface area contributed by atoms with Crippen LogP contribution < -0.4 is 10.6 Å². The molecule has 20 heavy (non-hydrogen) atoms. The Labute approximate surface area is 143 Å². The number of rotatable bonds is 9. The molecule has 1 aromatic heterocycles. The maximum Gasteiger partial charge on any atom is 0.191 e. The molecule has 0 bridgehead atoms. The summed E-state index contributed by atoms with van der Waals surface area (Å²) < 4.78 is 5.03. The minimum atomic E-state index is 0. The molecule has 1 heterocycles. The minimum Gasteiger partial charge on any atom is -0.385 e. The molecule has 0 aromatic carbocycles. The maximum absolute atomic E-state index is 5.03. The van der Waals surface area contributed by atoms with Crippen molar-refractivity contribution >= 4 is 41.3 Å². The maximum atomic E-state index is 5.03. The van der Waals surface area contributed by atoms with Gasteiger partial charge in [-0.25, -0.2) is 4.99 Å². The summed E-state index contributed by atoms with van der Waals surface area (Å²) >= 11 is 1.74. The lowest BCUT2D eigenvalue weighted by molar-refractivity contribution is 0.192. The Morgan fingerprint density at radius 3 is 2.80 bits per heavy atom. The van der Waals surface area contributed by atoms with E-state index in [0.29, 0.717) is 0 Å². The van der Waals surface area contributed by atoms with Crippen molar-refractivity contribution in [1.29, 1.82) is 0 Å². The average molecular weight is 411 g/mol. The van der Waals surface area contributed by atoms with Crippen LogP contribution in [0, 0.1) is 0 Å². The van der Waals surface area contributed by atoms with Gasteiger partial charge in [0, 0.05) is 31.7 Å². The second-order valence-corrected chi connectivity index (χ2v) is 5.29. The van der Waals surface area contributed by atoms with Gasteiger partial charge >= 0.3 is 0 Å². The number of nitrogens with one attached hydrogen (secondary N) is 2. The molecule has 4 nitrogen and oxygen atoms in total. The topological polar surface area (TPSA) is 45.7 Å². The van der Waals surface area contributed by atoms with E-state index < -0.39 is 0 Å². The van der Waals surface area contributed by atoms with Crippen molar-refractivity contribution in [3.05, 3.63) is 22.4 Å². The van der Waals surface area contributed by atoms with Gasteiger partial charge in [0.1, 0.15) is 0 Å². The first-order valence-corrected chi connectivity index (χ1v) is 7.78. The van der Waals surface area contributed by atoms with Gasteiger partial charge in [0.05, 0.1) is 6.54 Å². The summed E-state index contributed by atoms with van der Waals surface area (Å²) in [5.41, 5.74) is 0. The summed E-state index contributed by atoms with van der Waals surface area (Å²) in [7, 11) is 1.75. The first-order valence-electron chi connectivity index (χ1n) is 6.90. The zero-order chi connectivity index (χ0) is 13.8. The van der Waals surface area contributed by atoms with Crippen LogP contribution >= 0.6 is 35.3 Å². The van der Waals surface area contributed by atoms with Crippen molar-refractivity contribution in [3.8, 4) is 0 Å². The van der Waals surface area contributed by atoms with Crippen molar-refractivity contribution in [2.45, 2.75) is 32.7 Å². The van der Waals surface area contributed by atoms with Crippen LogP contribution in [0.2, 0.25) is 0 Å². The highest BCUT2D eigenvalue weighted by atomic mass is 127. The average Bonchev–Trinajstić information content (AvgIpc) is 2.93. The number of ether oxygens (including phenoxy) is 1. The molecule has 0 fully saturated rings. The van der Waals surface area contributed by atoms with E-state index in [2.05, 4.69) is 40.1 Å². The van der Waals surface area contributed by atoms with E-state index in [1.54, 1.807) is 18.4 Å². The van der Waals surface area contributed by atoms with Gasteiger partial charge in [-0.1, -0.05) is 6.07 Å². The molecule has 2 N–H and O–H groups in total. The van der Waals surface area contributed by atoms with Crippen LogP contribution in [0.25, 0.3) is 0 Å². The van der Waals surface area contributed by atoms with E-state index in [1.165, 1.54) is 11.3 Å². The number of aliphatic imine (C=N–C) groups is 1. The number of unbranched alkanes of at least 4 members (excludes halogenated alkanes) is 2. The normalized spacial score (nSPS) is 11.0. The molecular weight excluding hydrogens is 385 g/mol. The lowest BCUT2D eigenvalue weighted by Crippen LogP contribution is -2.37. The van der Waals surface area contributed by atoms with Crippen LogP contribution in [0.15, 0.2) is 22.5 Å².